The molecule has 0 saturated heterocycles. The van der Waals surface area contributed by atoms with Gasteiger partial charge in [0.15, 0.2) is 5.11 Å². The van der Waals surface area contributed by atoms with E-state index < -0.39 is 5.97 Å². The Hall–Kier alpha value is -2.93. The van der Waals surface area contributed by atoms with Crippen molar-refractivity contribution >= 4 is 58.4 Å². The van der Waals surface area contributed by atoms with Crippen LogP contribution in [0.3, 0.4) is 0 Å². The number of carbonyl (C=O) groups is 1. The van der Waals surface area contributed by atoms with Crippen molar-refractivity contribution in [2.75, 3.05) is 5.32 Å². The van der Waals surface area contributed by atoms with Gasteiger partial charge in [-0.05, 0) is 72.4 Å². The molecule has 29 heavy (non-hydrogen) atoms. The smallest absolute Gasteiger partial charge is 0.343 e. The monoisotopic (exact) mass is 443 g/mol. The number of carbonyl (C=O) groups excluding carboxylic acids is 1. The molecule has 5 nitrogen and oxygen atoms in total. The molecule has 146 valence electrons. The van der Waals surface area contributed by atoms with Crippen molar-refractivity contribution in [1.82, 2.24) is 5.43 Å². The molecule has 2 N–H and O–H groups in total. The lowest BCUT2D eigenvalue weighted by atomic mass is 10.2. The average molecular weight is 444 g/mol. The summed E-state index contributed by atoms with van der Waals surface area (Å²) in [5.74, 6) is -0.0747. The molecule has 0 spiro atoms. The lowest BCUT2D eigenvalue weighted by Gasteiger charge is -2.07. The molecule has 0 aromatic heterocycles. The number of hydrogen-bond acceptors (Lipinski definition) is 4. The predicted molar refractivity (Wildman–Crippen MR) is 121 cm³/mol. The summed E-state index contributed by atoms with van der Waals surface area (Å²) in [4.78, 5) is 12.2. The number of hydrogen-bond donors (Lipinski definition) is 2. The molecule has 0 aliphatic rings. The second-order valence-electron chi connectivity index (χ2n) is 5.80. The summed E-state index contributed by atoms with van der Waals surface area (Å²) in [5.41, 5.74) is 4.60. The number of nitrogens with one attached hydrogen (secondary N) is 2. The van der Waals surface area contributed by atoms with E-state index in [1.807, 2.05) is 18.2 Å². The zero-order valence-electron chi connectivity index (χ0n) is 14.9. The molecule has 3 rings (SSSR count). The molecule has 0 heterocycles. The fourth-order valence-corrected chi connectivity index (χ4v) is 2.79. The van der Waals surface area contributed by atoms with E-state index in [0.717, 1.165) is 11.3 Å². The number of halogens is 2. The van der Waals surface area contributed by atoms with Crippen LogP contribution in [0.4, 0.5) is 5.69 Å². The fourth-order valence-electron chi connectivity index (χ4n) is 2.30. The Morgan fingerprint density at radius 3 is 2.48 bits per heavy atom. The van der Waals surface area contributed by atoms with E-state index in [1.165, 1.54) is 0 Å². The highest BCUT2D eigenvalue weighted by Gasteiger charge is 2.08. The molecule has 0 aliphatic carbocycles. The molecule has 0 radical (unpaired) electrons. The van der Waals surface area contributed by atoms with Crippen molar-refractivity contribution in [1.29, 1.82) is 0 Å². The first kappa shape index (κ1) is 20.8. The van der Waals surface area contributed by atoms with Gasteiger partial charge in [-0.2, -0.15) is 5.10 Å². The van der Waals surface area contributed by atoms with Crippen molar-refractivity contribution in [3.63, 3.8) is 0 Å². The number of nitrogens with zero attached hydrogens (tertiary/aromatic N) is 1. The van der Waals surface area contributed by atoms with Crippen LogP contribution in [0.25, 0.3) is 0 Å². The number of thiocarbonyl (C=S) groups is 1. The molecule has 0 fully saturated rings. The largest absolute Gasteiger partial charge is 0.423 e. The Kier molecular flexibility index (Phi) is 7.19. The summed E-state index contributed by atoms with van der Waals surface area (Å²) >= 11 is 16.9. The Bertz CT molecular complexity index is 1060. The molecule has 8 heteroatoms. The van der Waals surface area contributed by atoms with Gasteiger partial charge in [-0.3, -0.25) is 5.43 Å². The molecule has 0 amide bonds. The van der Waals surface area contributed by atoms with E-state index >= 15 is 0 Å². The second kappa shape index (κ2) is 10.0. The molecule has 0 aliphatic heterocycles. The average Bonchev–Trinajstić information content (AvgIpc) is 2.69. The van der Waals surface area contributed by atoms with Crippen molar-refractivity contribution < 1.29 is 9.53 Å². The van der Waals surface area contributed by atoms with E-state index in [1.54, 1.807) is 60.8 Å². The van der Waals surface area contributed by atoms with Gasteiger partial charge in [0.25, 0.3) is 0 Å². The number of rotatable bonds is 5. The number of anilines is 1. The molecule has 3 aromatic carbocycles. The zero-order valence-corrected chi connectivity index (χ0v) is 17.3. The first-order chi connectivity index (χ1) is 14.0. The molecule has 3 aromatic rings. The van der Waals surface area contributed by atoms with Gasteiger partial charge >= 0.3 is 5.97 Å². The number of benzene rings is 3. The van der Waals surface area contributed by atoms with Crippen LogP contribution in [-0.4, -0.2) is 17.3 Å². The van der Waals surface area contributed by atoms with Gasteiger partial charge in [0.1, 0.15) is 5.75 Å². The molecule has 0 bridgehead atoms. The molecule has 0 atom stereocenters. The van der Waals surface area contributed by atoms with E-state index in [9.17, 15) is 4.79 Å². The number of hydrazone groups is 1. The summed E-state index contributed by atoms with van der Waals surface area (Å²) in [7, 11) is 0. The summed E-state index contributed by atoms with van der Waals surface area (Å²) < 4.78 is 5.38. The van der Waals surface area contributed by atoms with Crippen molar-refractivity contribution in [3.8, 4) is 5.75 Å². The third-order valence-corrected chi connectivity index (χ3v) is 4.29. The first-order valence-corrected chi connectivity index (χ1v) is 9.59. The van der Waals surface area contributed by atoms with Gasteiger partial charge < -0.3 is 10.1 Å². The quantitative estimate of drug-likeness (QED) is 0.178. The topological polar surface area (TPSA) is 62.7 Å². The number of esters is 1. The highest BCUT2D eigenvalue weighted by Crippen LogP contribution is 2.16. The van der Waals surface area contributed by atoms with Crippen LogP contribution in [0, 0.1) is 0 Å². The Morgan fingerprint density at radius 1 is 0.966 bits per heavy atom. The molecule has 0 unspecified atom stereocenters. The zero-order chi connectivity index (χ0) is 20.6. The second-order valence-corrected chi connectivity index (χ2v) is 7.08. The normalized spacial score (nSPS) is 10.6. The highest BCUT2D eigenvalue weighted by atomic mass is 35.5. The molecule has 0 saturated carbocycles. The Labute approximate surface area is 183 Å². The first-order valence-electron chi connectivity index (χ1n) is 8.43. The van der Waals surface area contributed by atoms with E-state index in [-0.39, 0.29) is 0 Å². The minimum absolute atomic E-state index is 0.314. The predicted octanol–water partition coefficient (Wildman–Crippen LogP) is 5.53. The standard InChI is InChI=1S/C21H15Cl2N3O2S/c22-16-9-7-15(8-10-16)20(27)28-19-6-1-3-14(11-19)13-24-26-21(29)25-18-5-2-4-17(23)12-18/h1-13H,(H2,25,26,29)/b24-13+. The summed E-state index contributed by atoms with van der Waals surface area (Å²) in [6.07, 6.45) is 1.56. The highest BCUT2D eigenvalue weighted by molar-refractivity contribution is 7.80. The van der Waals surface area contributed by atoms with Crippen molar-refractivity contribution in [2.24, 2.45) is 5.10 Å². The van der Waals surface area contributed by atoms with E-state index in [0.29, 0.717) is 26.5 Å². The van der Waals surface area contributed by atoms with Crippen molar-refractivity contribution in [2.45, 2.75) is 0 Å². The van der Waals surface area contributed by atoms with Crippen LogP contribution in [0.5, 0.6) is 5.75 Å². The Balaban J connectivity index is 1.57. The fraction of sp³-hybridized carbons (Fsp3) is 0. The maximum Gasteiger partial charge on any atom is 0.343 e. The third kappa shape index (κ3) is 6.57. The maximum atomic E-state index is 12.2. The lowest BCUT2D eigenvalue weighted by Crippen LogP contribution is -2.23. The molecular formula is C21H15Cl2N3O2S. The van der Waals surface area contributed by atoms with Crippen molar-refractivity contribution in [3.05, 3.63) is 94.0 Å². The van der Waals surface area contributed by atoms with Gasteiger partial charge in [-0.25, -0.2) is 4.79 Å². The summed E-state index contributed by atoms with van der Waals surface area (Å²) in [6.45, 7) is 0. The van der Waals surface area contributed by atoms with E-state index in [2.05, 4.69) is 15.8 Å². The SMILES string of the molecule is O=C(Oc1cccc(/C=N/NC(=S)Nc2cccc(Cl)c2)c1)c1ccc(Cl)cc1. The number of ether oxygens (including phenoxy) is 1. The summed E-state index contributed by atoms with van der Waals surface area (Å²) in [6, 6.07) is 20.6. The van der Waals surface area contributed by atoms with Gasteiger partial charge in [0.05, 0.1) is 11.8 Å². The van der Waals surface area contributed by atoms with Crippen LogP contribution >= 0.6 is 35.4 Å². The van der Waals surface area contributed by atoms with E-state index in [4.69, 9.17) is 40.2 Å². The lowest BCUT2D eigenvalue weighted by molar-refractivity contribution is 0.0735. The van der Waals surface area contributed by atoms with Crippen LogP contribution in [0.1, 0.15) is 15.9 Å². The minimum Gasteiger partial charge on any atom is -0.423 e. The van der Waals surface area contributed by atoms with Gasteiger partial charge in [-0.1, -0.05) is 41.4 Å². The third-order valence-electron chi connectivity index (χ3n) is 3.61. The van der Waals surface area contributed by atoms with Crippen LogP contribution in [-0.2, 0) is 0 Å². The molecular weight excluding hydrogens is 429 g/mol. The Morgan fingerprint density at radius 2 is 1.72 bits per heavy atom. The maximum absolute atomic E-state index is 12.2. The summed E-state index contributed by atoms with van der Waals surface area (Å²) in [5, 5.41) is 8.52. The minimum atomic E-state index is -0.471. The van der Waals surface area contributed by atoms with Gasteiger partial charge in [-0.15, -0.1) is 0 Å². The van der Waals surface area contributed by atoms with Crippen LogP contribution in [0.2, 0.25) is 10.0 Å². The van der Waals surface area contributed by atoms with Gasteiger partial charge in [0, 0.05) is 15.7 Å². The van der Waals surface area contributed by atoms with Crippen LogP contribution in [0.15, 0.2) is 77.9 Å². The van der Waals surface area contributed by atoms with Gasteiger partial charge in [0.2, 0.25) is 0 Å². The van der Waals surface area contributed by atoms with Crippen LogP contribution < -0.4 is 15.5 Å².